The fraction of sp³-hybridized carbons (Fsp3) is 0.364. The zero-order chi connectivity index (χ0) is 24.2. The lowest BCUT2D eigenvalue weighted by Gasteiger charge is -2.32. The van der Waals surface area contributed by atoms with Crippen molar-refractivity contribution in [3.63, 3.8) is 0 Å². The van der Waals surface area contributed by atoms with Crippen molar-refractivity contribution < 1.29 is 18.0 Å². The zero-order valence-electron chi connectivity index (χ0n) is 18.6. The molecule has 7 nitrogen and oxygen atoms in total. The maximum atomic E-state index is 13.4. The first-order valence-electron chi connectivity index (χ1n) is 9.85. The van der Waals surface area contributed by atoms with Gasteiger partial charge in [-0.2, -0.15) is 0 Å². The molecule has 0 aliphatic rings. The summed E-state index contributed by atoms with van der Waals surface area (Å²) >= 11 is 12.2. The van der Waals surface area contributed by atoms with Crippen molar-refractivity contribution in [2.75, 3.05) is 24.2 Å². The molecular formula is C22H27Cl2N3O4S. The Bertz CT molecular complexity index is 1120. The fourth-order valence-electron chi connectivity index (χ4n) is 3.30. The van der Waals surface area contributed by atoms with Crippen molar-refractivity contribution in [3.8, 4) is 0 Å². The first kappa shape index (κ1) is 26.0. The Labute approximate surface area is 199 Å². The second-order valence-electron chi connectivity index (χ2n) is 7.61. The van der Waals surface area contributed by atoms with Gasteiger partial charge in [0.05, 0.1) is 11.9 Å². The number of nitrogens with one attached hydrogen (secondary N) is 1. The van der Waals surface area contributed by atoms with E-state index >= 15 is 0 Å². The molecule has 2 aromatic rings. The van der Waals surface area contributed by atoms with Crippen LogP contribution in [0.1, 0.15) is 23.6 Å². The Balaban J connectivity index is 2.45. The highest BCUT2D eigenvalue weighted by molar-refractivity contribution is 7.92. The molecule has 2 amide bonds. The van der Waals surface area contributed by atoms with E-state index in [0.717, 1.165) is 21.7 Å². The summed E-state index contributed by atoms with van der Waals surface area (Å²) in [5, 5.41) is 3.30. The third-order valence-electron chi connectivity index (χ3n) is 5.07. The van der Waals surface area contributed by atoms with Crippen LogP contribution in [0.3, 0.4) is 0 Å². The van der Waals surface area contributed by atoms with Gasteiger partial charge in [0.1, 0.15) is 12.6 Å². The van der Waals surface area contributed by atoms with Crippen LogP contribution in [0.4, 0.5) is 5.69 Å². The predicted octanol–water partition coefficient (Wildman–Crippen LogP) is 3.54. The quantitative estimate of drug-likeness (QED) is 0.601. The van der Waals surface area contributed by atoms with Gasteiger partial charge in [-0.3, -0.25) is 13.9 Å². The Hall–Kier alpha value is -2.29. The van der Waals surface area contributed by atoms with E-state index in [1.165, 1.54) is 11.9 Å². The highest BCUT2D eigenvalue weighted by Crippen LogP contribution is 2.26. The molecule has 0 heterocycles. The number of likely N-dealkylation sites (N-methyl/N-ethyl adjacent to an activating group) is 1. The standard InChI is InChI=1S/C22H27Cl2N3O4S/c1-14-6-9-20(15(2)10-14)27(32(5,30)31)13-21(28)26(16(3)22(29)25-4)12-17-7-8-18(23)11-19(17)24/h6-11,16H,12-13H2,1-5H3,(H,25,29). The summed E-state index contributed by atoms with van der Waals surface area (Å²) in [5.41, 5.74) is 2.68. The second kappa shape index (κ2) is 10.6. The predicted molar refractivity (Wildman–Crippen MR) is 129 cm³/mol. The number of aryl methyl sites for hydroxylation is 2. The number of benzene rings is 2. The van der Waals surface area contributed by atoms with Crippen LogP contribution >= 0.6 is 23.2 Å². The van der Waals surface area contributed by atoms with E-state index in [1.807, 2.05) is 13.0 Å². The fourth-order valence-corrected chi connectivity index (χ4v) is 4.68. The van der Waals surface area contributed by atoms with Crippen molar-refractivity contribution in [2.45, 2.75) is 33.4 Å². The first-order chi connectivity index (χ1) is 14.8. The highest BCUT2D eigenvalue weighted by Gasteiger charge is 2.30. The minimum Gasteiger partial charge on any atom is -0.357 e. The summed E-state index contributed by atoms with van der Waals surface area (Å²) in [6, 6.07) is 9.28. The molecule has 32 heavy (non-hydrogen) atoms. The number of hydrogen-bond acceptors (Lipinski definition) is 4. The molecule has 10 heteroatoms. The summed E-state index contributed by atoms with van der Waals surface area (Å²) in [4.78, 5) is 27.0. The lowest BCUT2D eigenvalue weighted by Crippen LogP contribution is -2.50. The number of nitrogens with zero attached hydrogens (tertiary/aromatic N) is 2. The maximum absolute atomic E-state index is 13.4. The number of halogens is 2. The van der Waals surface area contributed by atoms with Crippen LogP contribution in [0, 0.1) is 13.8 Å². The number of carbonyl (C=O) groups is 2. The molecule has 2 rings (SSSR count). The van der Waals surface area contributed by atoms with E-state index in [2.05, 4.69) is 5.32 Å². The normalized spacial score (nSPS) is 12.2. The van der Waals surface area contributed by atoms with Gasteiger partial charge in [0.2, 0.25) is 21.8 Å². The van der Waals surface area contributed by atoms with Gasteiger partial charge in [0, 0.05) is 23.6 Å². The van der Waals surface area contributed by atoms with Crippen LogP contribution in [0.25, 0.3) is 0 Å². The molecule has 0 saturated heterocycles. The summed E-state index contributed by atoms with van der Waals surface area (Å²) in [6.07, 6.45) is 1.04. The molecule has 0 aromatic heterocycles. The van der Waals surface area contributed by atoms with E-state index < -0.39 is 28.5 Å². The van der Waals surface area contributed by atoms with Gasteiger partial charge in [0.25, 0.3) is 0 Å². The average molecular weight is 500 g/mol. The smallest absolute Gasteiger partial charge is 0.244 e. The zero-order valence-corrected chi connectivity index (χ0v) is 21.0. The van der Waals surface area contributed by atoms with E-state index in [9.17, 15) is 18.0 Å². The second-order valence-corrected chi connectivity index (χ2v) is 10.4. The molecule has 0 bridgehead atoms. The van der Waals surface area contributed by atoms with Crippen LogP contribution in [-0.2, 0) is 26.2 Å². The summed E-state index contributed by atoms with van der Waals surface area (Å²) < 4.78 is 26.2. The number of carbonyl (C=O) groups excluding carboxylic acids is 2. The monoisotopic (exact) mass is 499 g/mol. The number of amides is 2. The minimum absolute atomic E-state index is 0.00784. The molecule has 0 fully saturated rings. The Morgan fingerprint density at radius 1 is 1.09 bits per heavy atom. The van der Waals surface area contributed by atoms with Crippen molar-refractivity contribution in [2.24, 2.45) is 0 Å². The Morgan fingerprint density at radius 3 is 2.28 bits per heavy atom. The van der Waals surface area contributed by atoms with Gasteiger partial charge in [-0.1, -0.05) is 47.0 Å². The number of rotatable bonds is 8. The molecule has 0 spiro atoms. The maximum Gasteiger partial charge on any atom is 0.244 e. The number of sulfonamides is 1. The molecule has 174 valence electrons. The third-order valence-corrected chi connectivity index (χ3v) is 6.78. The molecule has 1 N–H and O–H groups in total. The van der Waals surface area contributed by atoms with Crippen molar-refractivity contribution in [1.82, 2.24) is 10.2 Å². The van der Waals surface area contributed by atoms with E-state index in [-0.39, 0.29) is 12.5 Å². The Morgan fingerprint density at radius 2 is 1.75 bits per heavy atom. The van der Waals surface area contributed by atoms with E-state index in [1.54, 1.807) is 44.2 Å². The minimum atomic E-state index is -3.78. The molecule has 2 aromatic carbocycles. The van der Waals surface area contributed by atoms with Crippen molar-refractivity contribution in [1.29, 1.82) is 0 Å². The van der Waals surface area contributed by atoms with Gasteiger partial charge >= 0.3 is 0 Å². The van der Waals surface area contributed by atoms with Crippen molar-refractivity contribution >= 4 is 50.7 Å². The van der Waals surface area contributed by atoms with Gasteiger partial charge in [-0.05, 0) is 50.1 Å². The number of hydrogen-bond donors (Lipinski definition) is 1. The lowest BCUT2D eigenvalue weighted by molar-refractivity contribution is -0.139. The van der Waals surface area contributed by atoms with E-state index in [4.69, 9.17) is 23.2 Å². The molecular weight excluding hydrogens is 473 g/mol. The SMILES string of the molecule is CNC(=O)C(C)N(Cc1ccc(Cl)cc1Cl)C(=O)CN(c1ccc(C)cc1C)S(C)(=O)=O. The van der Waals surface area contributed by atoms with E-state index in [0.29, 0.717) is 21.3 Å². The summed E-state index contributed by atoms with van der Waals surface area (Å²) in [7, 11) is -2.31. The molecule has 0 aliphatic heterocycles. The number of anilines is 1. The van der Waals surface area contributed by atoms with Gasteiger partial charge < -0.3 is 10.2 Å². The molecule has 0 radical (unpaired) electrons. The van der Waals surface area contributed by atoms with Crippen LogP contribution < -0.4 is 9.62 Å². The van der Waals surface area contributed by atoms with Crippen LogP contribution in [0.15, 0.2) is 36.4 Å². The molecule has 0 saturated carbocycles. The van der Waals surface area contributed by atoms with Gasteiger partial charge in [0.15, 0.2) is 0 Å². The van der Waals surface area contributed by atoms with Gasteiger partial charge in [-0.15, -0.1) is 0 Å². The van der Waals surface area contributed by atoms with Crippen LogP contribution in [-0.4, -0.2) is 51.0 Å². The summed E-state index contributed by atoms with van der Waals surface area (Å²) in [5.74, 6) is -0.932. The largest absolute Gasteiger partial charge is 0.357 e. The highest BCUT2D eigenvalue weighted by atomic mass is 35.5. The average Bonchev–Trinajstić information content (AvgIpc) is 2.70. The molecule has 1 atom stereocenters. The topological polar surface area (TPSA) is 86.8 Å². The molecule has 1 unspecified atom stereocenters. The summed E-state index contributed by atoms with van der Waals surface area (Å²) in [6.45, 7) is 4.80. The first-order valence-corrected chi connectivity index (χ1v) is 12.5. The van der Waals surface area contributed by atoms with Crippen LogP contribution in [0.5, 0.6) is 0 Å². The Kier molecular flexibility index (Phi) is 8.56. The van der Waals surface area contributed by atoms with Crippen molar-refractivity contribution in [3.05, 3.63) is 63.1 Å². The lowest BCUT2D eigenvalue weighted by atomic mass is 10.1. The third kappa shape index (κ3) is 6.37. The van der Waals surface area contributed by atoms with Crippen LogP contribution in [0.2, 0.25) is 10.0 Å². The molecule has 0 aliphatic carbocycles. The van der Waals surface area contributed by atoms with Gasteiger partial charge in [-0.25, -0.2) is 8.42 Å².